The van der Waals surface area contributed by atoms with Crippen molar-refractivity contribution in [3.63, 3.8) is 0 Å². The number of fused-ring (bicyclic) bond motifs is 6. The van der Waals surface area contributed by atoms with Gasteiger partial charge in [-0.1, -0.05) is 25.7 Å². The summed E-state index contributed by atoms with van der Waals surface area (Å²) in [6.45, 7) is 6.00. The van der Waals surface area contributed by atoms with Crippen molar-refractivity contribution < 1.29 is 23.1 Å². The number of ether oxygens (including phenoxy) is 1. The van der Waals surface area contributed by atoms with E-state index >= 15 is 0 Å². The number of nitrogens with zero attached hydrogens (tertiary/aromatic N) is 5. The Bertz CT molecular complexity index is 1600. The summed E-state index contributed by atoms with van der Waals surface area (Å²) in [5.74, 6) is 1.53. The number of anilines is 2. The van der Waals surface area contributed by atoms with Crippen molar-refractivity contribution in [2.45, 2.75) is 75.8 Å². The van der Waals surface area contributed by atoms with Crippen LogP contribution in [-0.2, 0) is 10.0 Å². The maximum atomic E-state index is 13.6. The lowest BCUT2D eigenvalue weighted by Crippen LogP contribution is -2.41. The van der Waals surface area contributed by atoms with Crippen molar-refractivity contribution in [2.24, 2.45) is 11.8 Å². The van der Waals surface area contributed by atoms with E-state index in [1.54, 1.807) is 29.1 Å². The molecule has 3 N–H and O–H groups in total. The lowest BCUT2D eigenvalue weighted by Gasteiger charge is -2.34. The molecule has 3 aromatic rings. The van der Waals surface area contributed by atoms with Crippen LogP contribution in [0.15, 0.2) is 41.6 Å². The monoisotopic (exact) mass is 609 g/mol. The number of aromatic hydroxyl groups is 1. The number of aromatic nitrogens is 4. The van der Waals surface area contributed by atoms with Gasteiger partial charge in [-0.15, -0.1) is 5.10 Å². The number of pyridine rings is 2. The molecule has 3 aromatic heterocycles. The highest BCUT2D eigenvalue weighted by Gasteiger charge is 2.41. The van der Waals surface area contributed by atoms with Gasteiger partial charge in [0.05, 0.1) is 12.2 Å². The molecule has 2 aliphatic heterocycles. The Morgan fingerprint density at radius 3 is 2.70 bits per heavy atom. The number of nitrogens with one attached hydrogen (secondary N) is 2. The summed E-state index contributed by atoms with van der Waals surface area (Å²) in [6, 6.07) is 7.45. The molecule has 1 saturated carbocycles. The van der Waals surface area contributed by atoms with Crippen molar-refractivity contribution in [1.82, 2.24) is 24.5 Å². The Balaban J connectivity index is 1.32. The normalized spacial score (nSPS) is 21.8. The van der Waals surface area contributed by atoms with Crippen LogP contribution in [0.3, 0.4) is 0 Å². The molecule has 1 atom stereocenters. The average Bonchev–Trinajstić information content (AvgIpc) is 3.71. The first kappa shape index (κ1) is 29.2. The van der Waals surface area contributed by atoms with Crippen molar-refractivity contribution in [2.75, 3.05) is 29.9 Å². The third kappa shape index (κ3) is 6.27. The number of hydrogen-bond acceptors (Lipinski definition) is 10. The van der Waals surface area contributed by atoms with Crippen LogP contribution in [0.4, 0.5) is 11.6 Å². The molecule has 12 nitrogen and oxygen atoms in total. The minimum atomic E-state index is -4.35. The number of carbonyl (C=O) groups is 1. The smallest absolute Gasteiger partial charge is 0.281 e. The van der Waals surface area contributed by atoms with Gasteiger partial charge in [0.25, 0.3) is 15.9 Å². The summed E-state index contributed by atoms with van der Waals surface area (Å²) in [6.07, 6.45) is 10.5. The number of amides is 1. The first-order valence-corrected chi connectivity index (χ1v) is 16.6. The average molecular weight is 610 g/mol. The summed E-state index contributed by atoms with van der Waals surface area (Å²) in [7, 11) is -4.35. The third-order valence-corrected chi connectivity index (χ3v) is 10.0. The Kier molecular flexibility index (Phi) is 7.92. The highest BCUT2D eigenvalue weighted by atomic mass is 32.2. The molecular formula is C30H39N7O5S. The van der Waals surface area contributed by atoms with Gasteiger partial charge in [-0.25, -0.2) is 19.4 Å². The largest absolute Gasteiger partial charge is 0.504 e. The van der Waals surface area contributed by atoms with Crippen LogP contribution < -0.4 is 19.7 Å². The van der Waals surface area contributed by atoms with E-state index in [1.807, 2.05) is 0 Å². The van der Waals surface area contributed by atoms with E-state index in [2.05, 4.69) is 38.9 Å². The van der Waals surface area contributed by atoms with E-state index in [-0.39, 0.29) is 27.7 Å². The van der Waals surface area contributed by atoms with E-state index in [9.17, 15) is 18.3 Å². The van der Waals surface area contributed by atoms with Crippen LogP contribution in [0.25, 0.3) is 5.82 Å². The zero-order chi connectivity index (χ0) is 30.2. The standard InChI is InChI=1S/C30H39N7O5S/c1-30(2)18-21-8-5-15-31-27-23(38)10-12-26(33-27)43(40,41)35-29(39)22-9-11-24(32-28(22)36(30)19-21)37-16-13-25(34-37)42-17-14-20-6-3-4-7-20/h9-13,16,20-21,38H,3-8,14-15,17-19H2,1-2H3,(H,31,33)(H,35,39)/t21-/m0/s1. The van der Waals surface area contributed by atoms with Crippen molar-refractivity contribution in [1.29, 1.82) is 0 Å². The molecule has 43 heavy (non-hydrogen) atoms. The highest BCUT2D eigenvalue weighted by molar-refractivity contribution is 7.90. The highest BCUT2D eigenvalue weighted by Crippen LogP contribution is 2.40. The van der Waals surface area contributed by atoms with Gasteiger partial charge < -0.3 is 20.1 Å². The maximum Gasteiger partial charge on any atom is 0.281 e. The fraction of sp³-hybridized carbons (Fsp3) is 0.533. The van der Waals surface area contributed by atoms with Crippen LogP contribution in [0.5, 0.6) is 11.6 Å². The Morgan fingerprint density at radius 2 is 1.88 bits per heavy atom. The first-order valence-electron chi connectivity index (χ1n) is 15.1. The van der Waals surface area contributed by atoms with Gasteiger partial charge in [0.2, 0.25) is 5.88 Å². The molecule has 1 saturated heterocycles. The van der Waals surface area contributed by atoms with Gasteiger partial charge in [-0.2, -0.15) is 8.42 Å². The summed E-state index contributed by atoms with van der Waals surface area (Å²) in [5.41, 5.74) is -0.203. The van der Waals surface area contributed by atoms with E-state index in [1.165, 1.54) is 31.7 Å². The zero-order valence-electron chi connectivity index (χ0n) is 24.6. The van der Waals surface area contributed by atoms with E-state index in [0.29, 0.717) is 43.1 Å². The fourth-order valence-corrected chi connectivity index (χ4v) is 7.50. The lowest BCUT2D eigenvalue weighted by molar-refractivity contribution is 0.0981. The Morgan fingerprint density at radius 1 is 1.07 bits per heavy atom. The minimum Gasteiger partial charge on any atom is -0.504 e. The molecule has 1 amide bonds. The van der Waals surface area contributed by atoms with E-state index in [4.69, 9.17) is 9.72 Å². The second kappa shape index (κ2) is 11.7. The zero-order valence-corrected chi connectivity index (χ0v) is 25.4. The minimum absolute atomic E-state index is 0.0615. The summed E-state index contributed by atoms with van der Waals surface area (Å²) in [5, 5.41) is 17.5. The number of rotatable bonds is 5. The predicted octanol–water partition coefficient (Wildman–Crippen LogP) is 4.26. The van der Waals surface area contributed by atoms with Gasteiger partial charge in [0.1, 0.15) is 5.82 Å². The van der Waals surface area contributed by atoms with Gasteiger partial charge in [0.15, 0.2) is 22.4 Å². The van der Waals surface area contributed by atoms with Gasteiger partial charge in [-0.3, -0.25) is 4.79 Å². The van der Waals surface area contributed by atoms with Crippen LogP contribution in [0.2, 0.25) is 0 Å². The summed E-state index contributed by atoms with van der Waals surface area (Å²) >= 11 is 0. The van der Waals surface area contributed by atoms with E-state index in [0.717, 1.165) is 37.7 Å². The third-order valence-electron chi connectivity index (χ3n) is 8.80. The first-order chi connectivity index (χ1) is 20.6. The number of carbonyl (C=O) groups excluding carboxylic acids is 1. The molecular weight excluding hydrogens is 570 g/mol. The van der Waals surface area contributed by atoms with Crippen LogP contribution >= 0.6 is 0 Å². The molecule has 2 fully saturated rings. The van der Waals surface area contributed by atoms with Crippen molar-refractivity contribution in [3.8, 4) is 17.4 Å². The van der Waals surface area contributed by atoms with Gasteiger partial charge in [0, 0.05) is 30.9 Å². The topological polar surface area (TPSA) is 152 Å². The van der Waals surface area contributed by atoms with Crippen LogP contribution in [0, 0.1) is 11.8 Å². The molecule has 0 radical (unpaired) electrons. The van der Waals surface area contributed by atoms with Gasteiger partial charge >= 0.3 is 0 Å². The van der Waals surface area contributed by atoms with Crippen LogP contribution in [-0.4, -0.2) is 64.4 Å². The van der Waals surface area contributed by atoms with Crippen molar-refractivity contribution in [3.05, 3.63) is 42.1 Å². The molecule has 13 heteroatoms. The van der Waals surface area contributed by atoms with Crippen molar-refractivity contribution >= 4 is 27.6 Å². The molecule has 230 valence electrons. The molecule has 6 rings (SSSR count). The summed E-state index contributed by atoms with van der Waals surface area (Å²) < 4.78 is 36.1. The second-order valence-electron chi connectivity index (χ2n) is 12.4. The van der Waals surface area contributed by atoms with Crippen LogP contribution in [0.1, 0.15) is 75.6 Å². The fourth-order valence-electron chi connectivity index (χ4n) is 6.58. The maximum absolute atomic E-state index is 13.6. The quantitative estimate of drug-likeness (QED) is 0.383. The number of hydrogen-bond donors (Lipinski definition) is 3. The molecule has 1 aliphatic carbocycles. The Hall–Kier alpha value is -3.87. The molecule has 0 spiro atoms. The second-order valence-corrected chi connectivity index (χ2v) is 14.1. The molecule has 0 aromatic carbocycles. The van der Waals surface area contributed by atoms with Gasteiger partial charge in [-0.05, 0) is 75.6 Å². The molecule has 5 heterocycles. The molecule has 3 aliphatic rings. The SMILES string of the molecule is CC1(C)C[C@@H]2CCCNc3nc(ccc3O)S(=O)(=O)NC(=O)c3ccc(-n4ccc(OCCC5CCCC5)n4)nc3N1C2. The number of sulfonamides is 1. The predicted molar refractivity (Wildman–Crippen MR) is 161 cm³/mol. The summed E-state index contributed by atoms with van der Waals surface area (Å²) in [4.78, 5) is 24.7. The Labute approximate surface area is 251 Å². The van der Waals surface area contributed by atoms with E-state index < -0.39 is 15.9 Å². The molecule has 4 bridgehead atoms. The molecule has 0 unspecified atom stereocenters. The lowest BCUT2D eigenvalue weighted by atomic mass is 9.93.